The third kappa shape index (κ3) is 3.52. The summed E-state index contributed by atoms with van der Waals surface area (Å²) in [4.78, 5) is 43.9. The summed E-state index contributed by atoms with van der Waals surface area (Å²) in [6.07, 6.45) is 2.69. The van der Waals surface area contributed by atoms with Crippen molar-refractivity contribution in [3.05, 3.63) is 82.5 Å². The van der Waals surface area contributed by atoms with E-state index in [1.54, 1.807) is 29.2 Å². The molecule has 1 fully saturated rings. The van der Waals surface area contributed by atoms with Crippen molar-refractivity contribution in [3.8, 4) is 5.69 Å². The molecule has 1 aliphatic rings. The minimum absolute atomic E-state index is 0.0673. The zero-order chi connectivity index (χ0) is 22.2. The van der Waals surface area contributed by atoms with Gasteiger partial charge in [0.25, 0.3) is 5.56 Å². The number of hydrogen-bond donors (Lipinski definition) is 1. The van der Waals surface area contributed by atoms with Gasteiger partial charge in [-0.15, -0.1) is 0 Å². The highest BCUT2D eigenvalue weighted by atomic mass is 35.5. The van der Waals surface area contributed by atoms with Crippen LogP contribution in [0.5, 0.6) is 0 Å². The molecule has 9 nitrogen and oxygen atoms in total. The first-order valence-corrected chi connectivity index (χ1v) is 10.3. The molecule has 160 valence electrons. The number of nitrogens with one attached hydrogen (secondary N) is 1. The lowest BCUT2D eigenvalue weighted by Gasteiger charge is -2.16. The number of aromatic nitrogens is 4. The second kappa shape index (κ2) is 7.93. The fourth-order valence-electron chi connectivity index (χ4n) is 3.74. The molecule has 1 N–H and O–H groups in total. The Hall–Kier alpha value is -3.98. The van der Waals surface area contributed by atoms with Gasteiger partial charge in [-0.25, -0.2) is 14.3 Å². The maximum absolute atomic E-state index is 12.9. The van der Waals surface area contributed by atoms with E-state index < -0.39 is 17.4 Å². The summed E-state index contributed by atoms with van der Waals surface area (Å²) in [5.41, 5.74) is 3.83. The maximum atomic E-state index is 12.9. The Labute approximate surface area is 186 Å². The molecule has 0 bridgehead atoms. The first-order valence-electron chi connectivity index (χ1n) is 9.89. The van der Waals surface area contributed by atoms with Crippen LogP contribution in [0.15, 0.2) is 71.9 Å². The molecule has 2 aromatic carbocycles. The highest BCUT2D eigenvalue weighted by Gasteiger charge is 2.35. The van der Waals surface area contributed by atoms with Crippen LogP contribution < -0.4 is 15.9 Å². The maximum Gasteiger partial charge on any atom is 0.283 e. The minimum atomic E-state index is -0.584. The summed E-state index contributed by atoms with van der Waals surface area (Å²) in [6, 6.07) is 16.2. The van der Waals surface area contributed by atoms with Crippen LogP contribution in [0, 0.1) is 5.92 Å². The van der Waals surface area contributed by atoms with Crippen molar-refractivity contribution in [1.82, 2.24) is 19.4 Å². The number of para-hydroxylation sites is 1. The van der Waals surface area contributed by atoms with E-state index in [4.69, 9.17) is 11.6 Å². The molecular formula is C22H17ClN6O3. The summed E-state index contributed by atoms with van der Waals surface area (Å²) in [5, 5.41) is 5.00. The zero-order valence-corrected chi connectivity index (χ0v) is 17.4. The second-order valence-corrected chi connectivity index (χ2v) is 7.85. The van der Waals surface area contributed by atoms with Crippen LogP contribution in [-0.4, -0.2) is 37.8 Å². The van der Waals surface area contributed by atoms with Crippen LogP contribution in [0.2, 0.25) is 5.02 Å². The van der Waals surface area contributed by atoms with Gasteiger partial charge in [0.15, 0.2) is 5.65 Å². The van der Waals surface area contributed by atoms with Gasteiger partial charge in [0.05, 0.1) is 17.8 Å². The molecule has 3 heterocycles. The molecule has 0 radical (unpaired) electrons. The molecule has 1 saturated heterocycles. The van der Waals surface area contributed by atoms with E-state index in [0.29, 0.717) is 16.4 Å². The predicted molar refractivity (Wildman–Crippen MR) is 119 cm³/mol. The van der Waals surface area contributed by atoms with Crippen molar-refractivity contribution in [3.63, 3.8) is 0 Å². The van der Waals surface area contributed by atoms with Gasteiger partial charge in [-0.3, -0.25) is 19.8 Å². The number of amides is 2. The van der Waals surface area contributed by atoms with Gasteiger partial charge in [0.1, 0.15) is 11.7 Å². The Morgan fingerprint density at radius 2 is 1.84 bits per heavy atom. The molecule has 32 heavy (non-hydrogen) atoms. The van der Waals surface area contributed by atoms with Gasteiger partial charge in [-0.2, -0.15) is 5.10 Å². The predicted octanol–water partition coefficient (Wildman–Crippen LogP) is 2.36. The Morgan fingerprint density at radius 3 is 2.62 bits per heavy atom. The zero-order valence-electron chi connectivity index (χ0n) is 16.7. The highest BCUT2D eigenvalue weighted by Crippen LogP contribution is 2.25. The quantitative estimate of drug-likeness (QED) is 0.516. The lowest BCUT2D eigenvalue weighted by molar-refractivity contribution is -0.123. The van der Waals surface area contributed by atoms with Crippen LogP contribution in [0.3, 0.4) is 0 Å². The van der Waals surface area contributed by atoms with E-state index in [-0.39, 0.29) is 24.3 Å². The molecule has 0 aliphatic carbocycles. The molecule has 4 aromatic rings. The van der Waals surface area contributed by atoms with Crippen LogP contribution in [-0.2, 0) is 9.59 Å². The monoisotopic (exact) mass is 448 g/mol. The number of carbonyl (C=O) groups is 2. The Morgan fingerprint density at radius 1 is 1.06 bits per heavy atom. The standard InChI is InChI=1S/C22H17ClN6O3/c23-15-5-4-8-17(10-15)29-20-18(11-25-29)22(32)28(13-24-20)26-21(31)14-9-19(30)27(12-14)16-6-2-1-3-7-16/h1-8,10-11,13-14H,9,12H2,(H,26,31). The van der Waals surface area contributed by atoms with Gasteiger partial charge >= 0.3 is 0 Å². The van der Waals surface area contributed by atoms with Crippen LogP contribution in [0.4, 0.5) is 5.69 Å². The fourth-order valence-corrected chi connectivity index (χ4v) is 3.92. The average Bonchev–Trinajstić information content (AvgIpc) is 3.40. The van der Waals surface area contributed by atoms with E-state index in [9.17, 15) is 14.4 Å². The van der Waals surface area contributed by atoms with Crippen LogP contribution >= 0.6 is 11.6 Å². The van der Waals surface area contributed by atoms with Gasteiger partial charge in [-0.05, 0) is 30.3 Å². The second-order valence-electron chi connectivity index (χ2n) is 7.41. The Balaban J connectivity index is 1.38. The number of anilines is 1. The lowest BCUT2D eigenvalue weighted by Crippen LogP contribution is -2.37. The van der Waals surface area contributed by atoms with Crippen molar-refractivity contribution in [2.45, 2.75) is 6.42 Å². The number of benzene rings is 2. The molecule has 5 rings (SSSR count). The molecule has 1 aliphatic heterocycles. The molecule has 2 amide bonds. The molecule has 1 atom stereocenters. The minimum Gasteiger partial charge on any atom is -0.312 e. The molecule has 1 unspecified atom stereocenters. The third-order valence-corrected chi connectivity index (χ3v) is 5.57. The number of halogens is 1. The summed E-state index contributed by atoms with van der Waals surface area (Å²) >= 11 is 6.05. The number of carbonyl (C=O) groups excluding carboxylic acids is 2. The van der Waals surface area contributed by atoms with Crippen molar-refractivity contribution in [2.75, 3.05) is 16.9 Å². The summed E-state index contributed by atoms with van der Waals surface area (Å²) in [5.74, 6) is -1.15. The molecular weight excluding hydrogens is 432 g/mol. The van der Waals surface area contributed by atoms with Crippen molar-refractivity contribution >= 4 is 40.1 Å². The Bertz CT molecular complexity index is 1400. The summed E-state index contributed by atoms with van der Waals surface area (Å²) < 4.78 is 2.52. The summed E-state index contributed by atoms with van der Waals surface area (Å²) in [6.45, 7) is 0.242. The summed E-state index contributed by atoms with van der Waals surface area (Å²) in [7, 11) is 0. The van der Waals surface area contributed by atoms with E-state index in [0.717, 1.165) is 10.4 Å². The van der Waals surface area contributed by atoms with Gasteiger partial charge in [0, 0.05) is 23.7 Å². The van der Waals surface area contributed by atoms with E-state index in [1.165, 1.54) is 17.2 Å². The van der Waals surface area contributed by atoms with Gasteiger partial charge in [0.2, 0.25) is 11.8 Å². The number of nitrogens with zero attached hydrogens (tertiary/aromatic N) is 5. The average molecular weight is 449 g/mol. The molecule has 0 spiro atoms. The van der Waals surface area contributed by atoms with E-state index in [2.05, 4.69) is 15.5 Å². The number of rotatable bonds is 4. The highest BCUT2D eigenvalue weighted by molar-refractivity contribution is 6.30. The van der Waals surface area contributed by atoms with Crippen LogP contribution in [0.1, 0.15) is 6.42 Å². The van der Waals surface area contributed by atoms with Gasteiger partial charge in [-0.1, -0.05) is 35.9 Å². The van der Waals surface area contributed by atoms with Gasteiger partial charge < -0.3 is 4.90 Å². The fraction of sp³-hybridized carbons (Fsp3) is 0.136. The largest absolute Gasteiger partial charge is 0.312 e. The smallest absolute Gasteiger partial charge is 0.283 e. The normalized spacial score (nSPS) is 16.0. The topological polar surface area (TPSA) is 102 Å². The first kappa shape index (κ1) is 20.0. The van der Waals surface area contributed by atoms with Crippen LogP contribution in [0.25, 0.3) is 16.7 Å². The van der Waals surface area contributed by atoms with E-state index in [1.807, 2.05) is 30.3 Å². The SMILES string of the molecule is O=C(Nn1cnc2c(cnn2-c2cccc(Cl)c2)c1=O)C1CC(=O)N(c2ccccc2)C1. The molecule has 10 heteroatoms. The number of hydrogen-bond acceptors (Lipinski definition) is 5. The molecule has 0 saturated carbocycles. The molecule has 2 aromatic heterocycles. The number of fused-ring (bicyclic) bond motifs is 1. The lowest BCUT2D eigenvalue weighted by atomic mass is 10.1. The van der Waals surface area contributed by atoms with Crippen molar-refractivity contribution in [1.29, 1.82) is 0 Å². The third-order valence-electron chi connectivity index (χ3n) is 5.34. The van der Waals surface area contributed by atoms with Crippen molar-refractivity contribution in [2.24, 2.45) is 5.92 Å². The first-order chi connectivity index (χ1) is 15.5. The van der Waals surface area contributed by atoms with E-state index >= 15 is 0 Å². The van der Waals surface area contributed by atoms with Crippen molar-refractivity contribution < 1.29 is 9.59 Å². The Kier molecular flexibility index (Phi) is 4.95.